The second-order valence-electron chi connectivity index (χ2n) is 6.54. The third-order valence-electron chi connectivity index (χ3n) is 3.34. The summed E-state index contributed by atoms with van der Waals surface area (Å²) in [5.41, 5.74) is -0.691. The molecule has 3 atom stereocenters. The number of nitrogens with one attached hydrogen (secondary N) is 1. The molecule has 0 saturated carbocycles. The van der Waals surface area contributed by atoms with Crippen molar-refractivity contribution in [1.82, 2.24) is 5.32 Å². The first-order valence-corrected chi connectivity index (χ1v) is 7.42. The smallest absolute Gasteiger partial charge is 0.337 e. The number of esters is 1. The van der Waals surface area contributed by atoms with Gasteiger partial charge in [-0.05, 0) is 32.9 Å². The molecule has 1 fully saturated rings. The van der Waals surface area contributed by atoms with Gasteiger partial charge in [-0.25, -0.2) is 13.6 Å². The number of aliphatic hydroxyl groups is 1. The minimum Gasteiger partial charge on any atom is -0.486 e. The van der Waals surface area contributed by atoms with Crippen LogP contribution in [0.3, 0.4) is 0 Å². The fraction of sp³-hybridized carbons (Fsp3) is 0.562. The third kappa shape index (κ3) is 4.87. The zero-order chi connectivity index (χ0) is 17.2. The van der Waals surface area contributed by atoms with Gasteiger partial charge in [-0.15, -0.1) is 0 Å². The van der Waals surface area contributed by atoms with Crippen LogP contribution in [0.15, 0.2) is 18.2 Å². The molecule has 7 heteroatoms. The summed E-state index contributed by atoms with van der Waals surface area (Å²) in [4.78, 5) is 11.8. The summed E-state index contributed by atoms with van der Waals surface area (Å²) >= 11 is 0. The Morgan fingerprint density at radius 3 is 2.70 bits per heavy atom. The van der Waals surface area contributed by atoms with Crippen molar-refractivity contribution in [2.24, 2.45) is 0 Å². The summed E-state index contributed by atoms with van der Waals surface area (Å²) in [6, 6.07) is 2.51. The molecule has 3 unspecified atom stereocenters. The van der Waals surface area contributed by atoms with Crippen LogP contribution >= 0.6 is 0 Å². The lowest BCUT2D eigenvalue weighted by Gasteiger charge is -2.24. The summed E-state index contributed by atoms with van der Waals surface area (Å²) in [6.45, 7) is 5.47. The van der Waals surface area contributed by atoms with E-state index in [1.807, 2.05) is 0 Å². The van der Waals surface area contributed by atoms with Crippen molar-refractivity contribution in [3.63, 3.8) is 0 Å². The maximum atomic E-state index is 13.6. The second-order valence-corrected chi connectivity index (χ2v) is 6.54. The average Bonchev–Trinajstić information content (AvgIpc) is 2.87. The largest absolute Gasteiger partial charge is 0.486 e. The molecular weight excluding hydrogens is 308 g/mol. The lowest BCUT2D eigenvalue weighted by atomic mass is 10.1. The fourth-order valence-corrected chi connectivity index (χ4v) is 2.34. The minimum absolute atomic E-state index is 0.0643. The van der Waals surface area contributed by atoms with E-state index in [0.29, 0.717) is 13.0 Å². The van der Waals surface area contributed by atoms with E-state index >= 15 is 0 Å². The van der Waals surface area contributed by atoms with E-state index in [0.717, 1.165) is 12.1 Å². The van der Waals surface area contributed by atoms with Crippen LogP contribution in [0, 0.1) is 11.6 Å². The van der Waals surface area contributed by atoms with E-state index in [1.165, 1.54) is 6.07 Å². The predicted octanol–water partition coefficient (Wildman–Crippen LogP) is 1.78. The lowest BCUT2D eigenvalue weighted by Crippen LogP contribution is -2.43. The van der Waals surface area contributed by atoms with Gasteiger partial charge in [0.25, 0.3) is 0 Å². The molecular formula is C16H21F2NO4. The van der Waals surface area contributed by atoms with Crippen molar-refractivity contribution in [3.8, 4) is 5.75 Å². The zero-order valence-electron chi connectivity index (χ0n) is 13.3. The van der Waals surface area contributed by atoms with E-state index in [4.69, 9.17) is 9.47 Å². The van der Waals surface area contributed by atoms with E-state index < -0.39 is 41.5 Å². The molecule has 1 aliphatic heterocycles. The maximum Gasteiger partial charge on any atom is 0.337 e. The average molecular weight is 329 g/mol. The van der Waals surface area contributed by atoms with Gasteiger partial charge < -0.3 is 19.9 Å². The number of hydrogen-bond donors (Lipinski definition) is 2. The van der Waals surface area contributed by atoms with Crippen molar-refractivity contribution in [2.45, 2.75) is 51.0 Å². The number of aliphatic hydroxyl groups excluding tert-OH is 1. The fourth-order valence-electron chi connectivity index (χ4n) is 2.34. The summed E-state index contributed by atoms with van der Waals surface area (Å²) in [5.74, 6) is -2.26. The van der Waals surface area contributed by atoms with E-state index in [2.05, 4.69) is 5.32 Å². The standard InChI is InChI=1S/C16H21F2NO4/c1-16(2,3)23-15(21)14(20)12-7-10(8-19-12)22-13-5-4-9(17)6-11(13)18/h4-6,10,12,14,19-20H,7-8H2,1-3H3. The molecule has 0 amide bonds. The zero-order valence-corrected chi connectivity index (χ0v) is 13.3. The van der Waals surface area contributed by atoms with E-state index in [1.54, 1.807) is 20.8 Å². The Bertz CT molecular complexity index is 574. The predicted molar refractivity (Wildman–Crippen MR) is 79.0 cm³/mol. The number of halogens is 2. The molecule has 1 saturated heterocycles. The van der Waals surface area contributed by atoms with Crippen molar-refractivity contribution >= 4 is 5.97 Å². The highest BCUT2D eigenvalue weighted by molar-refractivity contribution is 5.75. The number of carbonyl (C=O) groups excluding carboxylic acids is 1. The molecule has 5 nitrogen and oxygen atoms in total. The number of ether oxygens (including phenoxy) is 2. The summed E-state index contributed by atoms with van der Waals surface area (Å²) < 4.78 is 37.0. The molecule has 0 bridgehead atoms. The summed E-state index contributed by atoms with van der Waals surface area (Å²) in [7, 11) is 0. The Morgan fingerprint density at radius 2 is 2.09 bits per heavy atom. The van der Waals surface area contributed by atoms with Gasteiger partial charge in [0.15, 0.2) is 17.7 Å². The van der Waals surface area contributed by atoms with Crippen molar-refractivity contribution < 1.29 is 28.2 Å². The first-order valence-electron chi connectivity index (χ1n) is 7.42. The molecule has 23 heavy (non-hydrogen) atoms. The van der Waals surface area contributed by atoms with Crippen LogP contribution in [0.1, 0.15) is 27.2 Å². The highest BCUT2D eigenvalue weighted by Gasteiger charge is 2.36. The molecule has 2 N–H and O–H groups in total. The van der Waals surface area contributed by atoms with Gasteiger partial charge in [-0.1, -0.05) is 0 Å². The highest BCUT2D eigenvalue weighted by Crippen LogP contribution is 2.23. The van der Waals surface area contributed by atoms with Crippen LogP contribution < -0.4 is 10.1 Å². The molecule has 1 aliphatic rings. The minimum atomic E-state index is -1.33. The van der Waals surface area contributed by atoms with Crippen LogP contribution in [-0.2, 0) is 9.53 Å². The van der Waals surface area contributed by atoms with Gasteiger partial charge in [-0.3, -0.25) is 0 Å². The van der Waals surface area contributed by atoms with Crippen molar-refractivity contribution in [3.05, 3.63) is 29.8 Å². The molecule has 1 aromatic rings. The first kappa shape index (κ1) is 17.6. The monoisotopic (exact) mass is 329 g/mol. The Kier molecular flexibility index (Phi) is 5.21. The molecule has 1 heterocycles. The van der Waals surface area contributed by atoms with Gasteiger partial charge in [0.2, 0.25) is 0 Å². The highest BCUT2D eigenvalue weighted by atomic mass is 19.1. The molecule has 0 spiro atoms. The molecule has 128 valence electrons. The molecule has 2 rings (SSSR count). The third-order valence-corrected chi connectivity index (χ3v) is 3.34. The Labute approximate surface area is 133 Å². The maximum absolute atomic E-state index is 13.6. The number of rotatable bonds is 4. The number of carbonyl (C=O) groups is 1. The Balaban J connectivity index is 1.91. The van der Waals surface area contributed by atoms with Crippen molar-refractivity contribution in [1.29, 1.82) is 0 Å². The van der Waals surface area contributed by atoms with Gasteiger partial charge in [0, 0.05) is 25.1 Å². The molecule has 0 aliphatic carbocycles. The van der Waals surface area contributed by atoms with Crippen molar-refractivity contribution in [2.75, 3.05) is 6.54 Å². The van der Waals surface area contributed by atoms with Crippen LogP contribution in [0.5, 0.6) is 5.75 Å². The first-order chi connectivity index (χ1) is 10.7. The van der Waals surface area contributed by atoms with Gasteiger partial charge in [0.1, 0.15) is 17.5 Å². The Hall–Kier alpha value is -1.73. The second kappa shape index (κ2) is 6.80. The van der Waals surface area contributed by atoms with Crippen LogP contribution in [0.25, 0.3) is 0 Å². The van der Waals surface area contributed by atoms with Crippen LogP contribution in [0.2, 0.25) is 0 Å². The summed E-state index contributed by atoms with van der Waals surface area (Å²) in [6.07, 6.45) is -1.46. The van der Waals surface area contributed by atoms with Gasteiger partial charge in [0.05, 0.1) is 0 Å². The normalized spacial score (nSPS) is 22.7. The van der Waals surface area contributed by atoms with Crippen LogP contribution in [0.4, 0.5) is 8.78 Å². The van der Waals surface area contributed by atoms with E-state index in [-0.39, 0.29) is 5.75 Å². The molecule has 0 aromatic heterocycles. The Morgan fingerprint density at radius 1 is 1.39 bits per heavy atom. The molecule has 0 radical (unpaired) electrons. The summed E-state index contributed by atoms with van der Waals surface area (Å²) in [5, 5.41) is 13.0. The van der Waals surface area contributed by atoms with E-state index in [9.17, 15) is 18.7 Å². The number of hydrogen-bond acceptors (Lipinski definition) is 5. The van der Waals surface area contributed by atoms with Gasteiger partial charge in [-0.2, -0.15) is 0 Å². The number of benzene rings is 1. The van der Waals surface area contributed by atoms with Gasteiger partial charge >= 0.3 is 5.97 Å². The molecule has 1 aromatic carbocycles. The topological polar surface area (TPSA) is 67.8 Å². The quantitative estimate of drug-likeness (QED) is 0.824. The SMILES string of the molecule is CC(C)(C)OC(=O)C(O)C1CC(Oc2ccc(F)cc2F)CN1. The lowest BCUT2D eigenvalue weighted by molar-refractivity contribution is -0.166. The van der Waals surface area contributed by atoms with Crippen LogP contribution in [-0.4, -0.2) is 41.5 Å².